The van der Waals surface area contributed by atoms with Crippen molar-refractivity contribution in [2.45, 2.75) is 38.1 Å². The van der Waals surface area contributed by atoms with E-state index < -0.39 is 0 Å². The molecule has 16 heavy (non-hydrogen) atoms. The van der Waals surface area contributed by atoms with Crippen LogP contribution in [0.3, 0.4) is 0 Å². The quantitative estimate of drug-likeness (QED) is 0.819. The molecule has 84 valence electrons. The lowest BCUT2D eigenvalue weighted by molar-refractivity contribution is 0.661. The van der Waals surface area contributed by atoms with Gasteiger partial charge in [0.05, 0.1) is 17.2 Å². The van der Waals surface area contributed by atoms with Crippen LogP contribution in [0.5, 0.6) is 0 Å². The first-order valence-corrected chi connectivity index (χ1v) is 6.56. The first-order chi connectivity index (χ1) is 7.92. The minimum absolute atomic E-state index is 0.717. The normalized spacial score (nSPS) is 17.0. The lowest BCUT2D eigenvalue weighted by Crippen LogP contribution is -2.01. The van der Waals surface area contributed by atoms with Crippen LogP contribution in [0.15, 0.2) is 18.0 Å². The van der Waals surface area contributed by atoms with E-state index in [4.69, 9.17) is 4.98 Å². The average Bonchev–Trinajstić information content (AvgIpc) is 2.99. The highest BCUT2D eigenvalue weighted by molar-refractivity contribution is 7.09. The van der Waals surface area contributed by atoms with Gasteiger partial charge in [0, 0.05) is 11.3 Å². The fourth-order valence-electron chi connectivity index (χ4n) is 2.24. The van der Waals surface area contributed by atoms with Gasteiger partial charge in [-0.25, -0.2) is 14.6 Å². The molecule has 1 aliphatic carbocycles. The number of nitrogens with zero attached hydrogens (tertiary/aromatic N) is 4. The summed E-state index contributed by atoms with van der Waals surface area (Å²) < 4.78 is 1.81. The molecule has 0 amide bonds. The van der Waals surface area contributed by atoms with Crippen molar-refractivity contribution in [2.75, 3.05) is 0 Å². The van der Waals surface area contributed by atoms with Gasteiger partial charge in [-0.3, -0.25) is 0 Å². The minimum Gasteiger partial charge on any atom is -0.247 e. The minimum atomic E-state index is 0.717. The molecule has 0 bridgehead atoms. The van der Waals surface area contributed by atoms with Crippen molar-refractivity contribution in [3.8, 4) is 0 Å². The van der Waals surface area contributed by atoms with Crippen LogP contribution in [0.2, 0.25) is 0 Å². The fourth-order valence-corrected chi connectivity index (χ4v) is 3.22. The zero-order chi connectivity index (χ0) is 10.8. The topological polar surface area (TPSA) is 43.6 Å². The summed E-state index contributed by atoms with van der Waals surface area (Å²) in [6.45, 7) is 0.739. The summed E-state index contributed by atoms with van der Waals surface area (Å²) in [6, 6.07) is 0. The predicted octanol–water partition coefficient (Wildman–Crippen LogP) is 2.44. The zero-order valence-electron chi connectivity index (χ0n) is 9.04. The Morgan fingerprint density at radius 2 is 2.25 bits per heavy atom. The van der Waals surface area contributed by atoms with E-state index in [1.54, 1.807) is 24.0 Å². The fraction of sp³-hybridized carbons (Fsp3) is 0.545. The molecule has 2 aromatic rings. The summed E-state index contributed by atoms with van der Waals surface area (Å²) >= 11 is 1.80. The third kappa shape index (κ3) is 2.00. The van der Waals surface area contributed by atoms with E-state index in [1.165, 1.54) is 30.7 Å². The molecular formula is C11H14N4S. The van der Waals surface area contributed by atoms with Crippen LogP contribution in [0.4, 0.5) is 0 Å². The Morgan fingerprint density at radius 3 is 3.00 bits per heavy atom. The summed E-state index contributed by atoms with van der Waals surface area (Å²) in [5.74, 6) is 0.717. The van der Waals surface area contributed by atoms with E-state index in [0.29, 0.717) is 0 Å². The molecule has 1 saturated carbocycles. The van der Waals surface area contributed by atoms with Crippen molar-refractivity contribution in [1.82, 2.24) is 19.7 Å². The van der Waals surface area contributed by atoms with Gasteiger partial charge in [-0.05, 0) is 12.8 Å². The summed E-state index contributed by atoms with van der Waals surface area (Å²) in [5, 5.41) is 7.55. The van der Waals surface area contributed by atoms with E-state index in [1.807, 2.05) is 4.68 Å². The molecule has 0 saturated heterocycles. The van der Waals surface area contributed by atoms with Crippen LogP contribution in [-0.4, -0.2) is 19.7 Å². The van der Waals surface area contributed by atoms with Crippen LogP contribution in [0.25, 0.3) is 0 Å². The summed E-state index contributed by atoms with van der Waals surface area (Å²) in [5.41, 5.74) is 1.11. The summed E-state index contributed by atoms with van der Waals surface area (Å²) in [6.07, 6.45) is 8.65. The number of thiazole rings is 1. The predicted molar refractivity (Wildman–Crippen MR) is 62.4 cm³/mol. The molecule has 0 radical (unpaired) electrons. The molecule has 1 aliphatic rings. The molecule has 5 heteroatoms. The Kier molecular flexibility index (Phi) is 2.70. The third-order valence-corrected chi connectivity index (χ3v) is 4.12. The Balaban J connectivity index is 1.72. The SMILES string of the molecule is c1ncn(Cc2csc(C3CCCC3)n2)n1. The number of aromatic nitrogens is 4. The van der Waals surface area contributed by atoms with Gasteiger partial charge >= 0.3 is 0 Å². The van der Waals surface area contributed by atoms with Gasteiger partial charge in [0.1, 0.15) is 12.7 Å². The standard InChI is InChI=1S/C11H14N4S/c1-2-4-9(3-1)11-14-10(6-16-11)5-15-8-12-7-13-15/h6-9H,1-5H2. The van der Waals surface area contributed by atoms with Crippen LogP contribution in [0, 0.1) is 0 Å². The second-order valence-corrected chi connectivity index (χ2v) is 5.14. The lowest BCUT2D eigenvalue weighted by Gasteiger charge is -2.02. The maximum absolute atomic E-state index is 4.70. The third-order valence-electron chi connectivity index (χ3n) is 3.06. The Bertz CT molecular complexity index is 442. The van der Waals surface area contributed by atoms with Gasteiger partial charge in [0.25, 0.3) is 0 Å². The number of hydrogen-bond acceptors (Lipinski definition) is 4. The molecule has 3 rings (SSSR count). The highest BCUT2D eigenvalue weighted by Gasteiger charge is 2.20. The van der Waals surface area contributed by atoms with Crippen molar-refractivity contribution >= 4 is 11.3 Å². The smallest absolute Gasteiger partial charge is 0.137 e. The maximum Gasteiger partial charge on any atom is 0.137 e. The molecule has 0 aliphatic heterocycles. The van der Waals surface area contributed by atoms with Gasteiger partial charge < -0.3 is 0 Å². The molecule has 0 spiro atoms. The van der Waals surface area contributed by atoms with Crippen molar-refractivity contribution in [1.29, 1.82) is 0 Å². The molecular weight excluding hydrogens is 220 g/mol. The number of rotatable bonds is 3. The van der Waals surface area contributed by atoms with Crippen molar-refractivity contribution < 1.29 is 0 Å². The van der Waals surface area contributed by atoms with Crippen molar-refractivity contribution in [3.63, 3.8) is 0 Å². The molecule has 0 aromatic carbocycles. The monoisotopic (exact) mass is 234 g/mol. The average molecular weight is 234 g/mol. The van der Waals surface area contributed by atoms with Crippen molar-refractivity contribution in [3.05, 3.63) is 28.7 Å². The highest BCUT2D eigenvalue weighted by Crippen LogP contribution is 2.35. The van der Waals surface area contributed by atoms with E-state index in [9.17, 15) is 0 Å². The highest BCUT2D eigenvalue weighted by atomic mass is 32.1. The Labute approximate surface area is 98.4 Å². The Hall–Kier alpha value is -1.23. The van der Waals surface area contributed by atoms with Crippen LogP contribution < -0.4 is 0 Å². The Morgan fingerprint density at radius 1 is 1.38 bits per heavy atom. The lowest BCUT2D eigenvalue weighted by atomic mass is 10.1. The summed E-state index contributed by atoms with van der Waals surface area (Å²) in [4.78, 5) is 8.63. The maximum atomic E-state index is 4.70. The van der Waals surface area contributed by atoms with Gasteiger partial charge in [0.15, 0.2) is 0 Å². The van der Waals surface area contributed by atoms with E-state index in [2.05, 4.69) is 15.5 Å². The molecule has 1 fully saturated rings. The largest absolute Gasteiger partial charge is 0.247 e. The van der Waals surface area contributed by atoms with E-state index >= 15 is 0 Å². The molecule has 0 unspecified atom stereocenters. The van der Waals surface area contributed by atoms with Crippen molar-refractivity contribution in [2.24, 2.45) is 0 Å². The van der Waals surface area contributed by atoms with Crippen LogP contribution in [0.1, 0.15) is 42.3 Å². The van der Waals surface area contributed by atoms with Crippen LogP contribution in [-0.2, 0) is 6.54 Å². The van der Waals surface area contributed by atoms with Gasteiger partial charge in [-0.2, -0.15) is 5.10 Å². The van der Waals surface area contributed by atoms with E-state index in [0.717, 1.165) is 18.2 Å². The van der Waals surface area contributed by atoms with Gasteiger partial charge in [-0.15, -0.1) is 11.3 Å². The second-order valence-electron chi connectivity index (χ2n) is 4.25. The number of hydrogen-bond donors (Lipinski definition) is 0. The molecule has 0 atom stereocenters. The van der Waals surface area contributed by atoms with E-state index in [-0.39, 0.29) is 0 Å². The van der Waals surface area contributed by atoms with Gasteiger partial charge in [-0.1, -0.05) is 12.8 Å². The van der Waals surface area contributed by atoms with Gasteiger partial charge in [0.2, 0.25) is 0 Å². The zero-order valence-corrected chi connectivity index (χ0v) is 9.86. The second kappa shape index (κ2) is 4.33. The van der Waals surface area contributed by atoms with Crippen LogP contribution >= 0.6 is 11.3 Å². The first-order valence-electron chi connectivity index (χ1n) is 5.68. The molecule has 0 N–H and O–H groups in total. The molecule has 2 aromatic heterocycles. The summed E-state index contributed by atoms with van der Waals surface area (Å²) in [7, 11) is 0. The first kappa shape index (κ1) is 9.96. The molecule has 2 heterocycles. The molecule has 4 nitrogen and oxygen atoms in total.